The minimum absolute atomic E-state index is 0.495. The van der Waals surface area contributed by atoms with Crippen LogP contribution in [-0.4, -0.2) is 15.0 Å². The molecule has 0 saturated heterocycles. The molecule has 0 fully saturated rings. The zero-order valence-corrected chi connectivity index (χ0v) is 30.9. The molecule has 1 aromatic heterocycles. The van der Waals surface area contributed by atoms with Gasteiger partial charge in [-0.25, -0.2) is 15.0 Å². The van der Waals surface area contributed by atoms with E-state index in [4.69, 9.17) is 19.7 Å². The second-order valence-corrected chi connectivity index (χ2v) is 15.1. The molecule has 0 radical (unpaired) electrons. The van der Waals surface area contributed by atoms with Gasteiger partial charge >= 0.3 is 0 Å². The number of aromatic nitrogens is 3. The van der Waals surface area contributed by atoms with E-state index < -0.39 is 5.41 Å². The molecule has 266 valence electrons. The molecule has 3 aliphatic rings. The van der Waals surface area contributed by atoms with E-state index in [9.17, 15) is 0 Å². The summed E-state index contributed by atoms with van der Waals surface area (Å²) in [6.07, 6.45) is 5.40. The number of rotatable bonds is 4. The predicted molar refractivity (Wildman–Crippen MR) is 229 cm³/mol. The van der Waals surface area contributed by atoms with Crippen molar-refractivity contribution in [2.45, 2.75) is 11.8 Å². The lowest BCUT2D eigenvalue weighted by atomic mass is 9.66. The fourth-order valence-electron chi connectivity index (χ4n) is 9.51. The first-order valence-corrected chi connectivity index (χ1v) is 19.5. The van der Waals surface area contributed by atoms with Crippen molar-refractivity contribution < 1.29 is 4.74 Å². The van der Waals surface area contributed by atoms with Crippen molar-refractivity contribution in [1.29, 1.82) is 0 Å². The summed E-state index contributed by atoms with van der Waals surface area (Å²) >= 11 is 0. The smallest absolute Gasteiger partial charge is 0.164 e. The highest BCUT2D eigenvalue weighted by atomic mass is 16.5. The summed E-state index contributed by atoms with van der Waals surface area (Å²) in [5, 5.41) is 2.50. The predicted octanol–water partition coefficient (Wildman–Crippen LogP) is 12.7. The Labute approximate surface area is 330 Å². The summed E-state index contributed by atoms with van der Waals surface area (Å²) in [5.41, 5.74) is 14.4. The molecule has 0 saturated carbocycles. The Morgan fingerprint density at radius 2 is 1.04 bits per heavy atom. The second kappa shape index (κ2) is 12.3. The molecule has 57 heavy (non-hydrogen) atoms. The fraction of sp³-hybridized carbons (Fsp3) is 0.0377. The quantitative estimate of drug-likeness (QED) is 0.181. The van der Waals surface area contributed by atoms with E-state index in [2.05, 4.69) is 170 Å². The number of fused-ring (bicyclic) bond motifs is 9. The van der Waals surface area contributed by atoms with Gasteiger partial charge < -0.3 is 4.74 Å². The first-order chi connectivity index (χ1) is 28.2. The third kappa shape index (κ3) is 4.77. The summed E-state index contributed by atoms with van der Waals surface area (Å²) in [5.74, 6) is 3.65. The topological polar surface area (TPSA) is 47.9 Å². The Hall–Kier alpha value is -7.43. The van der Waals surface area contributed by atoms with Gasteiger partial charge in [-0.15, -0.1) is 0 Å². The van der Waals surface area contributed by atoms with Crippen LogP contribution in [0.4, 0.5) is 0 Å². The van der Waals surface area contributed by atoms with Crippen molar-refractivity contribution in [3.63, 3.8) is 0 Å². The van der Waals surface area contributed by atoms with Crippen LogP contribution in [0.15, 0.2) is 182 Å². The standard InChI is InChI=1S/C53H33N3O/c1-2-13-34(14-3-1)50-54-51(56-52(55-50)40-30-37-18-10-15-33-16-11-19-38(31-40)49(33)37)39-20-12-17-35(29-39)36-27-28-46-48(32-36)57-47-26-9-8-25-45(47)53(46)43-23-6-4-21-41(43)42-22-5-7-24-44(42)53/h1-15,17-32H,16H2. The SMILES string of the molecule is C1=Cc2cc(-c3nc(-c4ccccc4)nc(-c4cccc(-c5ccc6c(c5)Oc5ccccc5C65c6ccccc6-c6ccccc65)c4)n3)cc3cccc(c23)C1. The van der Waals surface area contributed by atoms with Crippen LogP contribution in [0.1, 0.15) is 33.4 Å². The number of nitrogens with zero attached hydrogens (tertiary/aromatic N) is 3. The maximum Gasteiger partial charge on any atom is 0.164 e. The summed E-state index contributed by atoms with van der Waals surface area (Å²) in [4.78, 5) is 15.3. The van der Waals surface area contributed by atoms with Crippen LogP contribution >= 0.6 is 0 Å². The van der Waals surface area contributed by atoms with E-state index in [1.165, 1.54) is 44.2 Å². The van der Waals surface area contributed by atoms with E-state index in [1.54, 1.807) is 0 Å². The van der Waals surface area contributed by atoms with Gasteiger partial charge in [-0.2, -0.15) is 0 Å². The van der Waals surface area contributed by atoms with Crippen LogP contribution in [0.2, 0.25) is 0 Å². The number of benzene rings is 8. The molecule has 0 bridgehead atoms. The van der Waals surface area contributed by atoms with Crippen molar-refractivity contribution in [2.24, 2.45) is 0 Å². The monoisotopic (exact) mass is 727 g/mol. The maximum absolute atomic E-state index is 6.82. The summed E-state index contributed by atoms with van der Waals surface area (Å²) < 4.78 is 6.82. The van der Waals surface area contributed by atoms with Crippen LogP contribution in [0, 0.1) is 0 Å². The normalized spacial score (nSPS) is 13.8. The van der Waals surface area contributed by atoms with Crippen molar-refractivity contribution in [3.05, 3.63) is 215 Å². The van der Waals surface area contributed by atoms with Gasteiger partial charge in [0.2, 0.25) is 0 Å². The minimum Gasteiger partial charge on any atom is -0.457 e. The Balaban J connectivity index is 1.00. The lowest BCUT2D eigenvalue weighted by Crippen LogP contribution is -2.32. The summed E-state index contributed by atoms with van der Waals surface area (Å²) in [6, 6.07) is 62.5. The van der Waals surface area contributed by atoms with Gasteiger partial charge in [-0.05, 0) is 92.0 Å². The molecule has 2 aliphatic carbocycles. The van der Waals surface area contributed by atoms with Gasteiger partial charge in [-0.3, -0.25) is 0 Å². The molecule has 4 nitrogen and oxygen atoms in total. The minimum atomic E-state index is -0.495. The Kier molecular flexibility index (Phi) is 6.87. The highest BCUT2D eigenvalue weighted by molar-refractivity contribution is 5.98. The molecule has 0 N–H and O–H groups in total. The molecular formula is C53H33N3O. The third-order valence-corrected chi connectivity index (χ3v) is 12.0. The van der Waals surface area contributed by atoms with Crippen LogP contribution in [-0.2, 0) is 11.8 Å². The molecule has 1 spiro atoms. The van der Waals surface area contributed by atoms with E-state index in [-0.39, 0.29) is 0 Å². The second-order valence-electron chi connectivity index (χ2n) is 15.1. The summed E-state index contributed by atoms with van der Waals surface area (Å²) in [7, 11) is 0. The molecule has 12 rings (SSSR count). The molecule has 0 amide bonds. The average molecular weight is 728 g/mol. The lowest BCUT2D eigenvalue weighted by molar-refractivity contribution is 0.436. The Morgan fingerprint density at radius 1 is 0.421 bits per heavy atom. The first-order valence-electron chi connectivity index (χ1n) is 19.5. The zero-order valence-electron chi connectivity index (χ0n) is 30.9. The number of ether oxygens (including phenoxy) is 1. The zero-order chi connectivity index (χ0) is 37.5. The molecule has 8 aromatic carbocycles. The highest BCUT2D eigenvalue weighted by Crippen LogP contribution is 2.62. The van der Waals surface area contributed by atoms with Crippen molar-refractivity contribution in [3.8, 4) is 67.9 Å². The fourth-order valence-corrected chi connectivity index (χ4v) is 9.51. The van der Waals surface area contributed by atoms with Crippen LogP contribution < -0.4 is 4.74 Å². The molecule has 0 atom stereocenters. The number of allylic oxidation sites excluding steroid dienone is 1. The average Bonchev–Trinajstić information content (AvgIpc) is 3.57. The van der Waals surface area contributed by atoms with Crippen molar-refractivity contribution >= 4 is 16.8 Å². The summed E-state index contributed by atoms with van der Waals surface area (Å²) in [6.45, 7) is 0. The number of para-hydroxylation sites is 1. The Morgan fingerprint density at radius 3 is 1.84 bits per heavy atom. The van der Waals surface area contributed by atoms with Gasteiger partial charge in [0.05, 0.1) is 5.41 Å². The first kappa shape index (κ1) is 31.9. The van der Waals surface area contributed by atoms with Gasteiger partial charge in [0.1, 0.15) is 11.5 Å². The molecule has 4 heteroatoms. The van der Waals surface area contributed by atoms with E-state index in [0.29, 0.717) is 17.5 Å². The van der Waals surface area contributed by atoms with Gasteiger partial charge in [0.15, 0.2) is 17.5 Å². The number of hydrogen-bond acceptors (Lipinski definition) is 4. The molecule has 0 unspecified atom stereocenters. The van der Waals surface area contributed by atoms with Crippen LogP contribution in [0.25, 0.3) is 73.3 Å². The van der Waals surface area contributed by atoms with E-state index in [1.807, 2.05) is 18.2 Å². The number of hydrogen-bond donors (Lipinski definition) is 0. The van der Waals surface area contributed by atoms with Gasteiger partial charge in [0, 0.05) is 27.8 Å². The Bertz CT molecular complexity index is 3100. The molecular weight excluding hydrogens is 695 g/mol. The third-order valence-electron chi connectivity index (χ3n) is 12.0. The highest BCUT2D eigenvalue weighted by Gasteiger charge is 2.50. The van der Waals surface area contributed by atoms with Crippen LogP contribution in [0.5, 0.6) is 11.5 Å². The molecule has 2 heterocycles. The van der Waals surface area contributed by atoms with Crippen LogP contribution in [0.3, 0.4) is 0 Å². The molecule has 1 aliphatic heterocycles. The van der Waals surface area contributed by atoms with Gasteiger partial charge in [-0.1, -0.05) is 158 Å². The van der Waals surface area contributed by atoms with Crippen molar-refractivity contribution in [2.75, 3.05) is 0 Å². The molecule has 9 aromatic rings. The largest absolute Gasteiger partial charge is 0.457 e. The van der Waals surface area contributed by atoms with E-state index >= 15 is 0 Å². The lowest BCUT2D eigenvalue weighted by Gasteiger charge is -2.39. The van der Waals surface area contributed by atoms with Gasteiger partial charge in [0.25, 0.3) is 0 Å². The maximum atomic E-state index is 6.82. The van der Waals surface area contributed by atoms with E-state index in [0.717, 1.165) is 56.9 Å². The van der Waals surface area contributed by atoms with Crippen molar-refractivity contribution in [1.82, 2.24) is 15.0 Å².